The summed E-state index contributed by atoms with van der Waals surface area (Å²) in [4.78, 5) is 10.6. The van der Waals surface area contributed by atoms with E-state index in [0.717, 1.165) is 17.6 Å². The minimum absolute atomic E-state index is 0.495. The van der Waals surface area contributed by atoms with Gasteiger partial charge in [-0.05, 0) is 24.5 Å². The van der Waals surface area contributed by atoms with Gasteiger partial charge < -0.3 is 4.74 Å². The quantitative estimate of drug-likeness (QED) is 0.686. The van der Waals surface area contributed by atoms with Crippen molar-refractivity contribution >= 4 is 6.29 Å². The number of benzene rings is 1. The molecule has 0 bridgehead atoms. The zero-order valence-corrected chi connectivity index (χ0v) is 8.91. The molecule has 0 N–H and O–H groups in total. The number of aldehydes is 1. The number of carbonyl (C=O) groups is 1. The first-order valence-corrected chi connectivity index (χ1v) is 4.82. The van der Waals surface area contributed by atoms with Crippen molar-refractivity contribution in [3.05, 3.63) is 29.3 Å². The summed E-state index contributed by atoms with van der Waals surface area (Å²) in [7, 11) is 0. The maximum Gasteiger partial charge on any atom is 0.150 e. The topological polar surface area (TPSA) is 26.3 Å². The molecule has 0 aliphatic heterocycles. The summed E-state index contributed by atoms with van der Waals surface area (Å²) < 4.78 is 5.58. The standard InChI is InChI=1S/C12H16O2/c1-9(2)8-14-12-6-11(7-13)5-4-10(12)3/h4-7,9H,8H2,1-3H3. The number of aryl methyl sites for hydroxylation is 1. The van der Waals surface area contributed by atoms with Crippen LogP contribution >= 0.6 is 0 Å². The van der Waals surface area contributed by atoms with Crippen LogP contribution < -0.4 is 4.74 Å². The molecule has 0 saturated heterocycles. The van der Waals surface area contributed by atoms with E-state index in [1.807, 2.05) is 13.0 Å². The molecule has 14 heavy (non-hydrogen) atoms. The van der Waals surface area contributed by atoms with E-state index in [4.69, 9.17) is 4.74 Å². The Morgan fingerprint density at radius 2 is 2.14 bits per heavy atom. The van der Waals surface area contributed by atoms with E-state index in [9.17, 15) is 4.79 Å². The molecule has 0 amide bonds. The predicted octanol–water partition coefficient (Wildman–Crippen LogP) is 2.84. The zero-order chi connectivity index (χ0) is 10.6. The Balaban J connectivity index is 2.78. The Morgan fingerprint density at radius 1 is 1.43 bits per heavy atom. The molecule has 1 aromatic rings. The summed E-state index contributed by atoms with van der Waals surface area (Å²) in [6.45, 7) is 6.85. The van der Waals surface area contributed by atoms with Crippen LogP contribution in [0.3, 0.4) is 0 Å². The molecular formula is C12H16O2. The van der Waals surface area contributed by atoms with Crippen molar-refractivity contribution < 1.29 is 9.53 Å². The summed E-state index contributed by atoms with van der Waals surface area (Å²) in [6, 6.07) is 5.48. The van der Waals surface area contributed by atoms with Crippen LogP contribution in [0.5, 0.6) is 5.75 Å². The van der Waals surface area contributed by atoms with E-state index in [1.165, 1.54) is 0 Å². The molecule has 0 fully saturated rings. The maximum atomic E-state index is 10.6. The van der Waals surface area contributed by atoms with E-state index in [0.29, 0.717) is 18.1 Å². The molecule has 2 heteroatoms. The van der Waals surface area contributed by atoms with Gasteiger partial charge in [0, 0.05) is 5.56 Å². The summed E-state index contributed by atoms with van der Waals surface area (Å²) >= 11 is 0. The van der Waals surface area contributed by atoms with Gasteiger partial charge in [0.05, 0.1) is 6.61 Å². The number of hydrogen-bond donors (Lipinski definition) is 0. The van der Waals surface area contributed by atoms with Crippen LogP contribution in [0.4, 0.5) is 0 Å². The first-order valence-electron chi connectivity index (χ1n) is 4.82. The summed E-state index contributed by atoms with van der Waals surface area (Å²) in [5.41, 5.74) is 1.73. The van der Waals surface area contributed by atoms with Gasteiger partial charge >= 0.3 is 0 Å². The lowest BCUT2D eigenvalue weighted by Gasteiger charge is -2.11. The van der Waals surface area contributed by atoms with Crippen molar-refractivity contribution in [2.75, 3.05) is 6.61 Å². The van der Waals surface area contributed by atoms with Crippen molar-refractivity contribution in [3.63, 3.8) is 0 Å². The van der Waals surface area contributed by atoms with Crippen LogP contribution in [0.2, 0.25) is 0 Å². The van der Waals surface area contributed by atoms with Gasteiger partial charge in [-0.1, -0.05) is 26.0 Å². The molecule has 0 saturated carbocycles. The van der Waals surface area contributed by atoms with E-state index in [1.54, 1.807) is 12.1 Å². The van der Waals surface area contributed by atoms with E-state index >= 15 is 0 Å². The van der Waals surface area contributed by atoms with Crippen LogP contribution in [0.25, 0.3) is 0 Å². The number of ether oxygens (including phenoxy) is 1. The van der Waals surface area contributed by atoms with E-state index < -0.39 is 0 Å². The summed E-state index contributed by atoms with van der Waals surface area (Å²) in [6.07, 6.45) is 0.835. The lowest BCUT2D eigenvalue weighted by atomic mass is 10.1. The van der Waals surface area contributed by atoms with Crippen LogP contribution in [0.1, 0.15) is 29.8 Å². The van der Waals surface area contributed by atoms with Gasteiger partial charge in [-0.2, -0.15) is 0 Å². The van der Waals surface area contributed by atoms with Crippen molar-refractivity contribution in [2.24, 2.45) is 5.92 Å². The minimum Gasteiger partial charge on any atom is -0.493 e. The van der Waals surface area contributed by atoms with Gasteiger partial charge in [0.2, 0.25) is 0 Å². The van der Waals surface area contributed by atoms with Gasteiger partial charge in [0.25, 0.3) is 0 Å². The highest BCUT2D eigenvalue weighted by molar-refractivity contribution is 5.75. The van der Waals surface area contributed by atoms with Crippen molar-refractivity contribution in [1.29, 1.82) is 0 Å². The third-order valence-corrected chi connectivity index (χ3v) is 1.92. The second kappa shape index (κ2) is 4.80. The number of hydrogen-bond acceptors (Lipinski definition) is 2. The Labute approximate surface area is 84.9 Å². The van der Waals surface area contributed by atoms with E-state index in [-0.39, 0.29) is 0 Å². The zero-order valence-electron chi connectivity index (χ0n) is 8.91. The van der Waals surface area contributed by atoms with Gasteiger partial charge in [-0.25, -0.2) is 0 Å². The first-order chi connectivity index (χ1) is 6.63. The highest BCUT2D eigenvalue weighted by Crippen LogP contribution is 2.19. The second-order valence-corrected chi connectivity index (χ2v) is 3.85. The predicted molar refractivity (Wildman–Crippen MR) is 56.9 cm³/mol. The molecule has 0 heterocycles. The molecule has 76 valence electrons. The van der Waals surface area contributed by atoms with Gasteiger partial charge in [-0.15, -0.1) is 0 Å². The molecule has 2 nitrogen and oxygen atoms in total. The average molecular weight is 192 g/mol. The van der Waals surface area contributed by atoms with Crippen molar-refractivity contribution in [1.82, 2.24) is 0 Å². The third-order valence-electron chi connectivity index (χ3n) is 1.92. The summed E-state index contributed by atoms with van der Waals surface area (Å²) in [5.74, 6) is 1.30. The van der Waals surface area contributed by atoms with Gasteiger partial charge in [0.15, 0.2) is 0 Å². The molecule has 0 aliphatic rings. The Bertz CT molecular complexity index is 316. The number of carbonyl (C=O) groups excluding carboxylic acids is 1. The maximum absolute atomic E-state index is 10.6. The molecule has 0 aliphatic carbocycles. The number of rotatable bonds is 4. The van der Waals surface area contributed by atoms with Gasteiger partial charge in [0.1, 0.15) is 12.0 Å². The molecule has 1 rings (SSSR count). The molecule has 1 aromatic carbocycles. The highest BCUT2D eigenvalue weighted by Gasteiger charge is 2.02. The Kier molecular flexibility index (Phi) is 3.69. The van der Waals surface area contributed by atoms with Crippen LogP contribution in [-0.4, -0.2) is 12.9 Å². The second-order valence-electron chi connectivity index (χ2n) is 3.85. The molecule has 0 radical (unpaired) electrons. The lowest BCUT2D eigenvalue weighted by molar-refractivity contribution is 0.112. The SMILES string of the molecule is Cc1ccc(C=O)cc1OCC(C)C. The molecule has 0 aromatic heterocycles. The summed E-state index contributed by atoms with van der Waals surface area (Å²) in [5, 5.41) is 0. The third kappa shape index (κ3) is 2.87. The van der Waals surface area contributed by atoms with Crippen molar-refractivity contribution in [2.45, 2.75) is 20.8 Å². The Morgan fingerprint density at radius 3 is 2.71 bits per heavy atom. The van der Waals surface area contributed by atoms with Crippen molar-refractivity contribution in [3.8, 4) is 5.75 Å². The van der Waals surface area contributed by atoms with E-state index in [2.05, 4.69) is 13.8 Å². The smallest absolute Gasteiger partial charge is 0.150 e. The molecule has 0 spiro atoms. The fraction of sp³-hybridized carbons (Fsp3) is 0.417. The Hall–Kier alpha value is -1.31. The molecule has 0 atom stereocenters. The fourth-order valence-corrected chi connectivity index (χ4v) is 1.10. The average Bonchev–Trinajstić information content (AvgIpc) is 2.16. The first kappa shape index (κ1) is 10.8. The van der Waals surface area contributed by atoms with Gasteiger partial charge in [-0.3, -0.25) is 4.79 Å². The molecule has 0 unspecified atom stereocenters. The minimum atomic E-state index is 0.495. The van der Waals surface area contributed by atoms with Crippen LogP contribution in [0, 0.1) is 12.8 Å². The normalized spacial score (nSPS) is 10.3. The lowest BCUT2D eigenvalue weighted by Crippen LogP contribution is -2.05. The van der Waals surface area contributed by atoms with Crippen LogP contribution in [-0.2, 0) is 0 Å². The monoisotopic (exact) mass is 192 g/mol. The fourth-order valence-electron chi connectivity index (χ4n) is 1.10. The van der Waals surface area contributed by atoms with Crippen LogP contribution in [0.15, 0.2) is 18.2 Å². The largest absolute Gasteiger partial charge is 0.493 e. The molecular weight excluding hydrogens is 176 g/mol. The highest BCUT2D eigenvalue weighted by atomic mass is 16.5.